The van der Waals surface area contributed by atoms with Gasteiger partial charge in [-0.1, -0.05) is 24.3 Å². The summed E-state index contributed by atoms with van der Waals surface area (Å²) in [4.78, 5) is 8.72. The van der Waals surface area contributed by atoms with Crippen molar-refractivity contribution in [2.45, 2.75) is 6.42 Å². The Morgan fingerprint density at radius 2 is 1.73 bits per heavy atom. The lowest BCUT2D eigenvalue weighted by Crippen LogP contribution is -2.09. The second kappa shape index (κ2) is 9.45. The zero-order chi connectivity index (χ0) is 21.6. The number of methoxy groups -OCH3 is 2. The van der Waals surface area contributed by atoms with E-state index in [0.29, 0.717) is 23.7 Å². The highest BCUT2D eigenvalue weighted by Gasteiger charge is 2.09. The number of hydrogen-bond donors (Lipinski definition) is 2. The minimum Gasteiger partial charge on any atom is -0.497 e. The standard InChI is InChI=1S/C21H24N4O4S/c1-28-18-9-7-15(8-10-18)11-12-22-20-14-19(23-21(24-20)29-2)16-5-4-6-17(13-16)25-30(3,26)27/h4-10,13-14,25H,11-12H2,1-3H3,(H,22,23,24). The highest BCUT2D eigenvalue weighted by atomic mass is 32.2. The van der Waals surface area contributed by atoms with Gasteiger partial charge in [-0.25, -0.2) is 8.42 Å². The topological polar surface area (TPSA) is 102 Å². The van der Waals surface area contributed by atoms with Crippen molar-refractivity contribution in [3.63, 3.8) is 0 Å². The van der Waals surface area contributed by atoms with Crippen molar-refractivity contribution in [3.05, 3.63) is 60.2 Å². The molecule has 9 heteroatoms. The zero-order valence-corrected chi connectivity index (χ0v) is 17.9. The first-order valence-corrected chi connectivity index (χ1v) is 11.1. The van der Waals surface area contributed by atoms with Crippen molar-refractivity contribution in [2.24, 2.45) is 0 Å². The van der Waals surface area contributed by atoms with Gasteiger partial charge in [0.2, 0.25) is 10.0 Å². The molecule has 0 amide bonds. The minimum atomic E-state index is -3.37. The van der Waals surface area contributed by atoms with Crippen molar-refractivity contribution in [2.75, 3.05) is 37.1 Å². The van der Waals surface area contributed by atoms with E-state index in [2.05, 4.69) is 20.0 Å². The van der Waals surface area contributed by atoms with E-state index in [0.717, 1.165) is 24.0 Å². The molecule has 1 heterocycles. The van der Waals surface area contributed by atoms with E-state index in [1.54, 1.807) is 31.4 Å². The predicted molar refractivity (Wildman–Crippen MR) is 118 cm³/mol. The fourth-order valence-electron chi connectivity index (χ4n) is 2.84. The smallest absolute Gasteiger partial charge is 0.318 e. The third kappa shape index (κ3) is 6.08. The van der Waals surface area contributed by atoms with Gasteiger partial charge in [0.15, 0.2) is 0 Å². The molecule has 0 saturated carbocycles. The summed E-state index contributed by atoms with van der Waals surface area (Å²) in [5.74, 6) is 1.44. The first kappa shape index (κ1) is 21.4. The Balaban J connectivity index is 1.75. The molecule has 0 aliphatic carbocycles. The molecule has 0 fully saturated rings. The van der Waals surface area contributed by atoms with Crippen LogP contribution in [0.2, 0.25) is 0 Å². The number of benzene rings is 2. The van der Waals surface area contributed by atoms with Crippen molar-refractivity contribution < 1.29 is 17.9 Å². The first-order chi connectivity index (χ1) is 14.4. The van der Waals surface area contributed by atoms with Gasteiger partial charge in [-0.3, -0.25) is 4.72 Å². The molecular weight excluding hydrogens is 404 g/mol. The van der Waals surface area contributed by atoms with Crippen LogP contribution in [-0.4, -0.2) is 45.4 Å². The molecule has 0 aliphatic heterocycles. The van der Waals surface area contributed by atoms with Gasteiger partial charge in [0.05, 0.1) is 26.2 Å². The summed E-state index contributed by atoms with van der Waals surface area (Å²) in [5, 5.41) is 3.29. The number of ether oxygens (including phenoxy) is 2. The summed E-state index contributed by atoms with van der Waals surface area (Å²) >= 11 is 0. The lowest BCUT2D eigenvalue weighted by molar-refractivity contribution is 0.381. The molecule has 0 radical (unpaired) electrons. The van der Waals surface area contributed by atoms with Crippen LogP contribution in [0.15, 0.2) is 54.6 Å². The Bertz CT molecular complexity index is 1100. The van der Waals surface area contributed by atoms with Crippen LogP contribution in [-0.2, 0) is 16.4 Å². The first-order valence-electron chi connectivity index (χ1n) is 9.24. The van der Waals surface area contributed by atoms with Crippen LogP contribution >= 0.6 is 0 Å². The number of anilines is 2. The molecule has 0 spiro atoms. The van der Waals surface area contributed by atoms with E-state index in [1.807, 2.05) is 30.3 Å². The molecule has 8 nitrogen and oxygen atoms in total. The molecule has 2 aromatic carbocycles. The van der Waals surface area contributed by atoms with Gasteiger partial charge in [-0.2, -0.15) is 9.97 Å². The molecule has 3 aromatic rings. The van der Waals surface area contributed by atoms with Crippen LogP contribution in [0.25, 0.3) is 11.3 Å². The average molecular weight is 429 g/mol. The Labute approximate surface area is 176 Å². The average Bonchev–Trinajstić information content (AvgIpc) is 2.73. The Kier molecular flexibility index (Phi) is 6.73. The van der Waals surface area contributed by atoms with Gasteiger partial charge in [0.25, 0.3) is 0 Å². The van der Waals surface area contributed by atoms with Gasteiger partial charge in [0.1, 0.15) is 11.6 Å². The SMILES string of the molecule is COc1ccc(CCNc2cc(-c3cccc(NS(C)(=O)=O)c3)nc(OC)n2)cc1. The highest BCUT2D eigenvalue weighted by molar-refractivity contribution is 7.92. The number of sulfonamides is 1. The highest BCUT2D eigenvalue weighted by Crippen LogP contribution is 2.25. The molecule has 0 unspecified atom stereocenters. The monoisotopic (exact) mass is 428 g/mol. The number of nitrogens with one attached hydrogen (secondary N) is 2. The van der Waals surface area contributed by atoms with Crippen molar-refractivity contribution >= 4 is 21.5 Å². The third-order valence-corrected chi connectivity index (χ3v) is 4.84. The number of hydrogen-bond acceptors (Lipinski definition) is 7. The van der Waals surface area contributed by atoms with Crippen LogP contribution in [0.1, 0.15) is 5.56 Å². The Hall–Kier alpha value is -3.33. The van der Waals surface area contributed by atoms with Gasteiger partial charge in [-0.15, -0.1) is 0 Å². The van der Waals surface area contributed by atoms with Gasteiger partial charge >= 0.3 is 6.01 Å². The fourth-order valence-corrected chi connectivity index (χ4v) is 3.39. The maximum atomic E-state index is 11.5. The quantitative estimate of drug-likeness (QED) is 0.540. The summed E-state index contributed by atoms with van der Waals surface area (Å²) in [6, 6.07) is 16.9. The van der Waals surface area contributed by atoms with E-state index in [1.165, 1.54) is 12.7 Å². The van der Waals surface area contributed by atoms with Crippen molar-refractivity contribution in [1.82, 2.24) is 9.97 Å². The number of aromatic nitrogens is 2. The summed E-state index contributed by atoms with van der Waals surface area (Å²) in [5.41, 5.74) is 2.99. The molecule has 30 heavy (non-hydrogen) atoms. The molecule has 0 bridgehead atoms. The van der Waals surface area contributed by atoms with Crippen LogP contribution in [0, 0.1) is 0 Å². The van der Waals surface area contributed by atoms with Crippen LogP contribution < -0.4 is 19.5 Å². The molecule has 0 aliphatic rings. The molecule has 158 valence electrons. The van der Waals surface area contributed by atoms with E-state index < -0.39 is 10.0 Å². The van der Waals surface area contributed by atoms with Crippen molar-refractivity contribution in [1.29, 1.82) is 0 Å². The fraction of sp³-hybridized carbons (Fsp3) is 0.238. The third-order valence-electron chi connectivity index (χ3n) is 4.23. The van der Waals surface area contributed by atoms with E-state index in [4.69, 9.17) is 9.47 Å². The maximum absolute atomic E-state index is 11.5. The van der Waals surface area contributed by atoms with E-state index in [9.17, 15) is 8.42 Å². The molecule has 3 rings (SSSR count). The minimum absolute atomic E-state index is 0.223. The maximum Gasteiger partial charge on any atom is 0.318 e. The molecular formula is C21H24N4O4S. The largest absolute Gasteiger partial charge is 0.497 e. The second-order valence-corrected chi connectivity index (χ2v) is 8.35. The summed E-state index contributed by atoms with van der Waals surface area (Å²) in [6.45, 7) is 0.668. The van der Waals surface area contributed by atoms with E-state index >= 15 is 0 Å². The van der Waals surface area contributed by atoms with Crippen molar-refractivity contribution in [3.8, 4) is 23.0 Å². The van der Waals surface area contributed by atoms with Gasteiger partial charge in [0, 0.05) is 23.9 Å². The molecule has 0 saturated heterocycles. The van der Waals surface area contributed by atoms with E-state index in [-0.39, 0.29) is 6.01 Å². The zero-order valence-electron chi connectivity index (χ0n) is 17.0. The summed E-state index contributed by atoms with van der Waals surface area (Å²) < 4.78 is 35.9. The predicted octanol–water partition coefficient (Wildman–Crippen LogP) is 3.19. The van der Waals surface area contributed by atoms with Crippen LogP contribution in [0.4, 0.5) is 11.5 Å². The second-order valence-electron chi connectivity index (χ2n) is 6.61. The van der Waals surface area contributed by atoms with Gasteiger partial charge in [-0.05, 0) is 36.2 Å². The molecule has 1 aromatic heterocycles. The Morgan fingerprint density at radius 1 is 0.967 bits per heavy atom. The summed E-state index contributed by atoms with van der Waals surface area (Å²) in [6.07, 6.45) is 1.91. The normalized spacial score (nSPS) is 11.0. The lowest BCUT2D eigenvalue weighted by atomic mass is 10.1. The van der Waals surface area contributed by atoms with Gasteiger partial charge < -0.3 is 14.8 Å². The number of rotatable bonds is 9. The molecule has 0 atom stereocenters. The number of nitrogens with zero attached hydrogens (tertiary/aromatic N) is 2. The van der Waals surface area contributed by atoms with Crippen LogP contribution in [0.5, 0.6) is 11.8 Å². The Morgan fingerprint density at radius 3 is 2.40 bits per heavy atom. The molecule has 2 N–H and O–H groups in total. The van der Waals surface area contributed by atoms with Crippen LogP contribution in [0.3, 0.4) is 0 Å². The lowest BCUT2D eigenvalue weighted by Gasteiger charge is -2.11. The summed E-state index contributed by atoms with van der Waals surface area (Å²) in [7, 11) is -0.223.